The summed E-state index contributed by atoms with van der Waals surface area (Å²) < 4.78 is 0. The van der Waals surface area contributed by atoms with Gasteiger partial charge in [0, 0.05) is 17.5 Å². The van der Waals surface area contributed by atoms with Crippen molar-refractivity contribution in [3.05, 3.63) is 39.9 Å². The van der Waals surface area contributed by atoms with Gasteiger partial charge < -0.3 is 10.8 Å². The van der Waals surface area contributed by atoms with Gasteiger partial charge in [-0.15, -0.1) is 0 Å². The molecule has 0 radical (unpaired) electrons. The molecule has 0 aromatic heterocycles. The van der Waals surface area contributed by atoms with E-state index in [1.165, 1.54) is 12.1 Å². The molecule has 0 spiro atoms. The minimum Gasteiger partial charge on any atom is -0.480 e. The molecule has 90 valence electrons. The summed E-state index contributed by atoms with van der Waals surface area (Å²) in [6.07, 6.45) is 1.31. The van der Waals surface area contributed by atoms with Crippen molar-refractivity contribution in [2.45, 2.75) is 24.3 Å². The number of rotatable bonds is 4. The summed E-state index contributed by atoms with van der Waals surface area (Å²) in [5, 5.41) is 19.6. The van der Waals surface area contributed by atoms with Crippen LogP contribution in [0.3, 0.4) is 0 Å². The second-order valence-electron chi connectivity index (χ2n) is 4.28. The highest BCUT2D eigenvalue weighted by Crippen LogP contribution is 2.50. The van der Waals surface area contributed by atoms with Crippen molar-refractivity contribution in [1.29, 1.82) is 0 Å². The maximum absolute atomic E-state index is 10.9. The van der Waals surface area contributed by atoms with Crippen molar-refractivity contribution < 1.29 is 14.8 Å². The van der Waals surface area contributed by atoms with Crippen molar-refractivity contribution in [3.8, 4) is 0 Å². The zero-order valence-corrected chi connectivity index (χ0v) is 9.00. The summed E-state index contributed by atoms with van der Waals surface area (Å²) >= 11 is 0. The lowest BCUT2D eigenvalue weighted by atomic mass is 9.88. The monoisotopic (exact) mass is 236 g/mol. The van der Waals surface area contributed by atoms with Crippen LogP contribution in [0.5, 0.6) is 0 Å². The number of non-ortho nitro benzene ring substituents is 1. The van der Waals surface area contributed by atoms with Crippen molar-refractivity contribution in [1.82, 2.24) is 0 Å². The molecule has 0 aliphatic heterocycles. The van der Waals surface area contributed by atoms with Gasteiger partial charge in [-0.25, -0.2) is 0 Å². The third kappa shape index (κ3) is 1.87. The number of carboxylic acids is 1. The van der Waals surface area contributed by atoms with Gasteiger partial charge in [0.1, 0.15) is 6.04 Å². The van der Waals surface area contributed by atoms with Crippen LogP contribution in [0.1, 0.15) is 18.4 Å². The molecule has 0 heterocycles. The molecule has 3 N–H and O–H groups in total. The predicted octanol–water partition coefficient (Wildman–Crippen LogP) is 1.04. The second-order valence-corrected chi connectivity index (χ2v) is 4.28. The normalized spacial score (nSPS) is 18.4. The maximum Gasteiger partial charge on any atom is 0.321 e. The molecular formula is C11H12N2O4. The van der Waals surface area contributed by atoms with Gasteiger partial charge in [-0.1, -0.05) is 12.1 Å². The SMILES string of the molecule is NC(C(=O)O)C1(c2cccc([N+](=O)[O-])c2)CC1. The topological polar surface area (TPSA) is 106 Å². The standard InChI is InChI=1S/C11H12N2O4/c12-9(10(14)15)11(4-5-11)7-2-1-3-8(6-7)13(16)17/h1-3,6,9H,4-5,12H2,(H,14,15). The first kappa shape index (κ1) is 11.5. The zero-order valence-electron chi connectivity index (χ0n) is 9.00. The van der Waals surface area contributed by atoms with Crippen LogP contribution < -0.4 is 5.73 Å². The highest BCUT2D eigenvalue weighted by Gasteiger charge is 2.52. The first-order chi connectivity index (χ1) is 7.97. The number of benzene rings is 1. The molecule has 0 amide bonds. The molecule has 1 aromatic rings. The van der Waals surface area contributed by atoms with Gasteiger partial charge in [0.15, 0.2) is 0 Å². The molecule has 6 heteroatoms. The Labute approximate surface area is 97.2 Å². The number of carbonyl (C=O) groups is 1. The number of nitro groups is 1. The quantitative estimate of drug-likeness (QED) is 0.600. The van der Waals surface area contributed by atoms with Crippen LogP contribution in [0, 0.1) is 10.1 Å². The summed E-state index contributed by atoms with van der Waals surface area (Å²) in [4.78, 5) is 21.1. The molecule has 2 rings (SSSR count). The Hall–Kier alpha value is -1.95. The van der Waals surface area contributed by atoms with E-state index in [-0.39, 0.29) is 5.69 Å². The largest absolute Gasteiger partial charge is 0.480 e. The van der Waals surface area contributed by atoms with Gasteiger partial charge in [-0.2, -0.15) is 0 Å². The Kier molecular flexibility index (Phi) is 2.59. The van der Waals surface area contributed by atoms with E-state index in [1.54, 1.807) is 12.1 Å². The molecule has 1 aromatic carbocycles. The van der Waals surface area contributed by atoms with Crippen LogP contribution in [-0.4, -0.2) is 22.0 Å². The smallest absolute Gasteiger partial charge is 0.321 e. The van der Waals surface area contributed by atoms with Crippen LogP contribution in [0.25, 0.3) is 0 Å². The highest BCUT2D eigenvalue weighted by molar-refractivity contribution is 5.77. The average Bonchev–Trinajstić information content (AvgIpc) is 3.09. The molecule has 0 saturated heterocycles. The summed E-state index contributed by atoms with van der Waals surface area (Å²) in [6, 6.07) is 5.04. The van der Waals surface area contributed by atoms with Gasteiger partial charge >= 0.3 is 5.97 Å². The number of nitrogens with two attached hydrogens (primary N) is 1. The van der Waals surface area contributed by atoms with Crippen LogP contribution in [0.15, 0.2) is 24.3 Å². The van der Waals surface area contributed by atoms with Gasteiger partial charge in [-0.3, -0.25) is 14.9 Å². The summed E-state index contributed by atoms with van der Waals surface area (Å²) in [6.45, 7) is 0. The number of nitro benzene ring substituents is 1. The van der Waals surface area contributed by atoms with E-state index in [9.17, 15) is 14.9 Å². The molecule has 1 fully saturated rings. The number of hydrogen-bond acceptors (Lipinski definition) is 4. The van der Waals surface area contributed by atoms with E-state index < -0.39 is 22.3 Å². The molecular weight excluding hydrogens is 224 g/mol. The predicted molar refractivity (Wildman–Crippen MR) is 59.6 cm³/mol. The fraction of sp³-hybridized carbons (Fsp3) is 0.364. The molecule has 1 atom stereocenters. The van der Waals surface area contributed by atoms with Crippen molar-refractivity contribution in [3.63, 3.8) is 0 Å². The third-order valence-corrected chi connectivity index (χ3v) is 3.28. The van der Waals surface area contributed by atoms with Crippen LogP contribution in [0.4, 0.5) is 5.69 Å². The third-order valence-electron chi connectivity index (χ3n) is 3.28. The average molecular weight is 236 g/mol. The van der Waals surface area contributed by atoms with Gasteiger partial charge in [0.2, 0.25) is 0 Å². The van der Waals surface area contributed by atoms with Crippen LogP contribution in [-0.2, 0) is 10.2 Å². The number of hydrogen-bond donors (Lipinski definition) is 2. The van der Waals surface area contributed by atoms with Crippen molar-refractivity contribution in [2.75, 3.05) is 0 Å². The Bertz CT molecular complexity index is 482. The Morgan fingerprint density at radius 2 is 2.18 bits per heavy atom. The number of aliphatic carboxylic acids is 1. The fourth-order valence-electron chi connectivity index (χ4n) is 2.08. The van der Waals surface area contributed by atoms with Crippen molar-refractivity contribution >= 4 is 11.7 Å². The Balaban J connectivity index is 2.37. The minimum atomic E-state index is -1.07. The maximum atomic E-state index is 10.9. The number of nitrogens with zero attached hydrogens (tertiary/aromatic N) is 1. The Morgan fingerprint density at radius 3 is 2.65 bits per heavy atom. The van der Waals surface area contributed by atoms with E-state index in [2.05, 4.69) is 0 Å². The lowest BCUT2D eigenvalue weighted by Crippen LogP contribution is -2.41. The van der Waals surface area contributed by atoms with Gasteiger partial charge in [-0.05, 0) is 18.4 Å². The van der Waals surface area contributed by atoms with E-state index in [4.69, 9.17) is 10.8 Å². The molecule has 0 bridgehead atoms. The number of carboxylic acid groups (broad SMARTS) is 1. The molecule has 1 saturated carbocycles. The van der Waals surface area contributed by atoms with Crippen LogP contribution in [0.2, 0.25) is 0 Å². The highest BCUT2D eigenvalue weighted by atomic mass is 16.6. The summed E-state index contributed by atoms with van der Waals surface area (Å²) in [5.41, 5.74) is 5.62. The molecule has 6 nitrogen and oxygen atoms in total. The molecule has 1 aliphatic carbocycles. The van der Waals surface area contributed by atoms with Crippen molar-refractivity contribution in [2.24, 2.45) is 5.73 Å². The van der Waals surface area contributed by atoms with Gasteiger partial charge in [0.05, 0.1) is 4.92 Å². The summed E-state index contributed by atoms with van der Waals surface area (Å²) in [7, 11) is 0. The molecule has 1 aliphatic rings. The first-order valence-corrected chi connectivity index (χ1v) is 5.21. The second kappa shape index (κ2) is 3.81. The summed E-state index contributed by atoms with van der Waals surface area (Å²) in [5.74, 6) is -1.07. The lowest BCUT2D eigenvalue weighted by Gasteiger charge is -2.19. The van der Waals surface area contributed by atoms with E-state index >= 15 is 0 Å². The lowest BCUT2D eigenvalue weighted by molar-refractivity contribution is -0.384. The first-order valence-electron chi connectivity index (χ1n) is 5.21. The molecule has 1 unspecified atom stereocenters. The van der Waals surface area contributed by atoms with E-state index in [1.807, 2.05) is 0 Å². The van der Waals surface area contributed by atoms with Crippen LogP contribution >= 0.6 is 0 Å². The van der Waals surface area contributed by atoms with E-state index in [0.29, 0.717) is 18.4 Å². The zero-order chi connectivity index (χ0) is 12.6. The Morgan fingerprint density at radius 1 is 1.53 bits per heavy atom. The minimum absolute atomic E-state index is 0.0358. The molecule has 17 heavy (non-hydrogen) atoms. The van der Waals surface area contributed by atoms with Gasteiger partial charge in [0.25, 0.3) is 5.69 Å². The fourth-order valence-corrected chi connectivity index (χ4v) is 2.08. The van der Waals surface area contributed by atoms with E-state index in [0.717, 1.165) is 0 Å².